The van der Waals surface area contributed by atoms with E-state index >= 15 is 0 Å². The van der Waals surface area contributed by atoms with Gasteiger partial charge in [0.05, 0.1) is 11.4 Å². The van der Waals surface area contributed by atoms with E-state index < -0.39 is 0 Å². The maximum Gasteiger partial charge on any atom is 0.323 e. The van der Waals surface area contributed by atoms with Gasteiger partial charge in [0.25, 0.3) is 0 Å². The number of hydrogen-bond acceptors (Lipinski definition) is 5. The van der Waals surface area contributed by atoms with Gasteiger partial charge in [-0.05, 0) is 101 Å². The highest BCUT2D eigenvalue weighted by Gasteiger charge is 2.22. The molecule has 0 amide bonds. The third-order valence-corrected chi connectivity index (χ3v) is 6.15. The predicted molar refractivity (Wildman–Crippen MR) is 136 cm³/mol. The number of aryl methyl sites for hydroxylation is 1. The molecule has 1 fully saturated rings. The van der Waals surface area contributed by atoms with Crippen LogP contribution >= 0.6 is 0 Å². The maximum absolute atomic E-state index is 12.4. The molecule has 180 valence electrons. The van der Waals surface area contributed by atoms with Gasteiger partial charge in [-0.15, -0.1) is 0 Å². The Hall–Kier alpha value is -2.53. The van der Waals surface area contributed by atoms with Crippen LogP contribution in [0.3, 0.4) is 0 Å². The molecule has 2 rings (SSSR count). The Morgan fingerprint density at radius 1 is 1.18 bits per heavy atom. The Bertz CT molecular complexity index is 934. The fraction of sp³-hybridized carbons (Fsp3) is 0.536. The molecule has 1 aromatic carbocycles. The Morgan fingerprint density at radius 2 is 1.85 bits per heavy atom. The van der Waals surface area contributed by atoms with Gasteiger partial charge in [0.2, 0.25) is 0 Å². The average Bonchev–Trinajstić information content (AvgIpc) is 3.28. The first kappa shape index (κ1) is 26.7. The van der Waals surface area contributed by atoms with Crippen LogP contribution < -0.4 is 5.32 Å². The zero-order valence-electron chi connectivity index (χ0n) is 21.3. The van der Waals surface area contributed by atoms with Gasteiger partial charge in [-0.3, -0.25) is 14.6 Å². The van der Waals surface area contributed by atoms with Crippen molar-refractivity contribution in [2.24, 2.45) is 10.9 Å². The number of hydrogen-bond donors (Lipinski definition) is 1. The summed E-state index contributed by atoms with van der Waals surface area (Å²) in [6, 6.07) is 5.82. The number of ketones is 1. The standard InChI is InChI=1S/C28H40N2O3/c1-8-24(15-20(5)22(7)31)27(18(2)3)30-26-16-23(14-13-19(26)4)17-29-21(6)28(32)33-25-11-9-10-12-25/h8,13-16,18,21,25,29H,9-12,17H2,1-7H3/b20-15-,24-8+,30-27+. The second kappa shape index (κ2) is 12.6. The van der Waals surface area contributed by atoms with E-state index in [9.17, 15) is 9.59 Å². The summed E-state index contributed by atoms with van der Waals surface area (Å²) in [7, 11) is 0. The third-order valence-electron chi connectivity index (χ3n) is 6.15. The highest BCUT2D eigenvalue weighted by atomic mass is 16.5. The van der Waals surface area contributed by atoms with Crippen molar-refractivity contribution in [1.82, 2.24) is 5.32 Å². The van der Waals surface area contributed by atoms with E-state index in [1.54, 1.807) is 6.92 Å². The molecule has 1 aliphatic rings. The number of rotatable bonds is 10. The number of allylic oxidation sites excluding steroid dienone is 4. The number of ether oxygens (including phenoxy) is 1. The molecule has 5 nitrogen and oxygen atoms in total. The molecule has 1 saturated carbocycles. The van der Waals surface area contributed by atoms with Crippen molar-refractivity contribution in [3.63, 3.8) is 0 Å². The van der Waals surface area contributed by atoms with Crippen LogP contribution in [0.2, 0.25) is 0 Å². The Labute approximate surface area is 199 Å². The fourth-order valence-corrected chi connectivity index (χ4v) is 3.81. The number of nitrogens with zero attached hydrogens (tertiary/aromatic N) is 1. The second-order valence-corrected chi connectivity index (χ2v) is 9.35. The van der Waals surface area contributed by atoms with Crippen molar-refractivity contribution in [2.45, 2.75) is 92.8 Å². The van der Waals surface area contributed by atoms with Crippen LogP contribution in [0, 0.1) is 12.8 Å². The first-order valence-electron chi connectivity index (χ1n) is 12.1. The molecule has 0 heterocycles. The monoisotopic (exact) mass is 452 g/mol. The minimum atomic E-state index is -0.362. The molecule has 0 aromatic heterocycles. The molecule has 0 aliphatic heterocycles. The number of benzene rings is 1. The number of carbonyl (C=O) groups excluding carboxylic acids is 2. The number of Topliss-reactive ketones (excluding diaryl/α,β-unsaturated/α-hetero) is 1. The van der Waals surface area contributed by atoms with E-state index in [0.717, 1.165) is 53.8 Å². The smallest absolute Gasteiger partial charge is 0.323 e. The summed E-state index contributed by atoms with van der Waals surface area (Å²) in [6.45, 7) is 14.0. The molecule has 1 N–H and O–H groups in total. The van der Waals surface area contributed by atoms with Gasteiger partial charge in [-0.1, -0.05) is 32.1 Å². The van der Waals surface area contributed by atoms with Crippen molar-refractivity contribution < 1.29 is 14.3 Å². The van der Waals surface area contributed by atoms with Crippen LogP contribution in [0.1, 0.15) is 78.4 Å². The molecule has 0 bridgehead atoms. The summed E-state index contributed by atoms with van der Waals surface area (Å²) in [5.74, 6) is 0.0701. The number of nitrogens with one attached hydrogen (secondary N) is 1. The lowest BCUT2D eigenvalue weighted by molar-refractivity contribution is -0.150. The average molecular weight is 453 g/mol. The Balaban J connectivity index is 2.18. The van der Waals surface area contributed by atoms with Crippen LogP contribution in [-0.2, 0) is 20.9 Å². The minimum absolute atomic E-state index is 0.0577. The van der Waals surface area contributed by atoms with Gasteiger partial charge in [0.1, 0.15) is 12.1 Å². The first-order valence-corrected chi connectivity index (χ1v) is 12.1. The van der Waals surface area contributed by atoms with Gasteiger partial charge >= 0.3 is 5.97 Å². The normalized spacial score (nSPS) is 16.9. The molecule has 1 atom stereocenters. The van der Waals surface area contributed by atoms with Gasteiger partial charge in [-0.2, -0.15) is 0 Å². The van der Waals surface area contributed by atoms with Gasteiger partial charge < -0.3 is 10.1 Å². The largest absolute Gasteiger partial charge is 0.461 e. The lowest BCUT2D eigenvalue weighted by Crippen LogP contribution is -2.36. The Kier molecular flexibility index (Phi) is 10.2. The van der Waals surface area contributed by atoms with Crippen LogP contribution in [0.5, 0.6) is 0 Å². The van der Waals surface area contributed by atoms with Gasteiger partial charge in [0.15, 0.2) is 5.78 Å². The van der Waals surface area contributed by atoms with Crippen LogP contribution in [0.15, 0.2) is 46.5 Å². The zero-order chi connectivity index (χ0) is 24.5. The fourth-order valence-electron chi connectivity index (χ4n) is 3.81. The molecule has 0 radical (unpaired) electrons. The van der Waals surface area contributed by atoms with Crippen LogP contribution in [0.4, 0.5) is 5.69 Å². The number of carbonyl (C=O) groups is 2. The molecular weight excluding hydrogens is 412 g/mol. The van der Waals surface area contributed by atoms with E-state index in [0.29, 0.717) is 12.1 Å². The third kappa shape index (κ3) is 8.08. The highest BCUT2D eigenvalue weighted by Crippen LogP contribution is 2.25. The van der Waals surface area contributed by atoms with Crippen molar-refractivity contribution in [2.75, 3.05) is 0 Å². The summed E-state index contributed by atoms with van der Waals surface area (Å²) in [5.41, 5.74) is 5.65. The lowest BCUT2D eigenvalue weighted by Gasteiger charge is -2.17. The van der Waals surface area contributed by atoms with Crippen molar-refractivity contribution in [3.8, 4) is 0 Å². The van der Waals surface area contributed by atoms with E-state index in [4.69, 9.17) is 9.73 Å². The summed E-state index contributed by atoms with van der Waals surface area (Å²) < 4.78 is 5.61. The summed E-state index contributed by atoms with van der Waals surface area (Å²) in [6.07, 6.45) is 8.24. The van der Waals surface area contributed by atoms with E-state index in [1.807, 2.05) is 39.8 Å². The molecule has 1 aliphatic carbocycles. The van der Waals surface area contributed by atoms with Crippen molar-refractivity contribution in [1.29, 1.82) is 0 Å². The topological polar surface area (TPSA) is 67.8 Å². The SMILES string of the molecule is C/C=C(\C=C(\C)C(C)=O)C(=N/c1cc(CNC(C)C(=O)OC2CCCC2)ccc1C)/C(C)C. The zero-order valence-corrected chi connectivity index (χ0v) is 21.3. The Morgan fingerprint density at radius 3 is 2.42 bits per heavy atom. The summed E-state index contributed by atoms with van der Waals surface area (Å²) in [5, 5.41) is 3.29. The maximum atomic E-state index is 12.4. The molecule has 0 spiro atoms. The summed E-state index contributed by atoms with van der Waals surface area (Å²) in [4.78, 5) is 29.1. The molecule has 0 saturated heterocycles. The highest BCUT2D eigenvalue weighted by molar-refractivity contribution is 6.07. The second-order valence-electron chi connectivity index (χ2n) is 9.35. The van der Waals surface area contributed by atoms with E-state index in [2.05, 4.69) is 37.4 Å². The molecular formula is C28H40N2O3. The minimum Gasteiger partial charge on any atom is -0.461 e. The number of aliphatic imine (C=N–C) groups is 1. The van der Waals surface area contributed by atoms with Gasteiger partial charge in [-0.25, -0.2) is 0 Å². The van der Waals surface area contributed by atoms with Crippen LogP contribution in [-0.4, -0.2) is 29.6 Å². The molecule has 33 heavy (non-hydrogen) atoms. The lowest BCUT2D eigenvalue weighted by atomic mass is 9.96. The molecule has 1 aromatic rings. The summed E-state index contributed by atoms with van der Waals surface area (Å²) >= 11 is 0. The van der Waals surface area contributed by atoms with Crippen molar-refractivity contribution in [3.05, 3.63) is 52.6 Å². The first-order chi connectivity index (χ1) is 15.6. The van der Waals surface area contributed by atoms with Crippen molar-refractivity contribution >= 4 is 23.2 Å². The molecule has 1 unspecified atom stereocenters. The van der Waals surface area contributed by atoms with Gasteiger partial charge in [0, 0.05) is 6.54 Å². The predicted octanol–water partition coefficient (Wildman–Crippen LogP) is 6.17. The molecule has 5 heteroatoms. The van der Waals surface area contributed by atoms with Crippen LogP contribution in [0.25, 0.3) is 0 Å². The van der Waals surface area contributed by atoms with E-state index in [1.165, 1.54) is 0 Å². The van der Waals surface area contributed by atoms with E-state index in [-0.39, 0.29) is 29.8 Å². The number of esters is 1. The quantitative estimate of drug-likeness (QED) is 0.199.